The van der Waals surface area contributed by atoms with Gasteiger partial charge in [-0.05, 0) is 26.2 Å². The first-order valence-corrected chi connectivity index (χ1v) is 9.37. The van der Waals surface area contributed by atoms with Crippen molar-refractivity contribution in [2.75, 3.05) is 49.2 Å². The minimum atomic E-state index is 0.113. The lowest BCUT2D eigenvalue weighted by Crippen LogP contribution is -2.44. The van der Waals surface area contributed by atoms with Crippen LogP contribution in [0, 0.1) is 5.92 Å². The summed E-state index contributed by atoms with van der Waals surface area (Å²) in [5.41, 5.74) is 1.07. The summed E-state index contributed by atoms with van der Waals surface area (Å²) in [5, 5.41) is 3.11. The van der Waals surface area contributed by atoms with Crippen molar-refractivity contribution in [2.24, 2.45) is 5.92 Å². The van der Waals surface area contributed by atoms with Crippen LogP contribution in [0.3, 0.4) is 0 Å². The molecule has 0 aliphatic carbocycles. The van der Waals surface area contributed by atoms with Crippen LogP contribution >= 0.6 is 0 Å². The smallest absolute Gasteiger partial charge is 0.223 e. The van der Waals surface area contributed by atoms with Crippen LogP contribution in [0.2, 0.25) is 0 Å². The third-order valence-electron chi connectivity index (χ3n) is 5.19. The number of carbonyl (C=O) groups is 1. The molecule has 0 aromatic carbocycles. The number of rotatable bonds is 5. The summed E-state index contributed by atoms with van der Waals surface area (Å²) in [4.78, 5) is 25.7. The van der Waals surface area contributed by atoms with Crippen molar-refractivity contribution in [1.29, 1.82) is 0 Å². The number of piperidine rings is 1. The van der Waals surface area contributed by atoms with E-state index in [1.54, 1.807) is 6.33 Å². The fraction of sp³-hybridized carbons (Fsp3) is 0.722. The second kappa shape index (κ2) is 8.47. The molecular formula is C18H29N5O2. The van der Waals surface area contributed by atoms with Crippen LogP contribution in [0.5, 0.6) is 0 Å². The average molecular weight is 347 g/mol. The number of hydrogen-bond acceptors (Lipinski definition) is 6. The molecule has 0 bridgehead atoms. The number of nitrogens with zero attached hydrogens (tertiary/aromatic N) is 4. The number of hydrogen-bond donors (Lipinski definition) is 1. The van der Waals surface area contributed by atoms with Gasteiger partial charge in [-0.2, -0.15) is 0 Å². The SMILES string of the molecule is CCC(C)NC(=O)C1CCN(c2cncnc2N2CCOCC2)CC1. The number of nitrogens with one attached hydrogen (secondary N) is 1. The third kappa shape index (κ3) is 4.39. The van der Waals surface area contributed by atoms with Crippen LogP contribution in [-0.2, 0) is 9.53 Å². The second-order valence-electron chi connectivity index (χ2n) is 6.91. The Kier molecular flexibility index (Phi) is 6.07. The molecule has 2 aliphatic heterocycles. The van der Waals surface area contributed by atoms with Crippen molar-refractivity contribution in [1.82, 2.24) is 15.3 Å². The van der Waals surface area contributed by atoms with Gasteiger partial charge < -0.3 is 19.9 Å². The van der Waals surface area contributed by atoms with Gasteiger partial charge in [-0.1, -0.05) is 6.92 Å². The van der Waals surface area contributed by atoms with Crippen LogP contribution in [0.15, 0.2) is 12.5 Å². The van der Waals surface area contributed by atoms with Gasteiger partial charge in [0.15, 0.2) is 5.82 Å². The number of amides is 1. The van der Waals surface area contributed by atoms with E-state index in [4.69, 9.17) is 4.74 Å². The van der Waals surface area contributed by atoms with Crippen LogP contribution in [-0.4, -0.2) is 61.3 Å². The van der Waals surface area contributed by atoms with Crippen LogP contribution in [0.1, 0.15) is 33.1 Å². The minimum absolute atomic E-state index is 0.113. The Morgan fingerprint density at radius 1 is 1.28 bits per heavy atom. The molecule has 2 fully saturated rings. The Hall–Kier alpha value is -1.89. The molecular weight excluding hydrogens is 318 g/mol. The van der Waals surface area contributed by atoms with E-state index in [-0.39, 0.29) is 17.9 Å². The van der Waals surface area contributed by atoms with Gasteiger partial charge >= 0.3 is 0 Å². The third-order valence-corrected chi connectivity index (χ3v) is 5.19. The topological polar surface area (TPSA) is 70.6 Å². The first-order valence-electron chi connectivity index (χ1n) is 9.37. The van der Waals surface area contributed by atoms with E-state index in [1.807, 2.05) is 6.20 Å². The highest BCUT2D eigenvalue weighted by molar-refractivity contribution is 5.79. The predicted molar refractivity (Wildman–Crippen MR) is 97.9 cm³/mol. The van der Waals surface area contributed by atoms with Crippen molar-refractivity contribution in [3.05, 3.63) is 12.5 Å². The Morgan fingerprint density at radius 2 is 2.00 bits per heavy atom. The van der Waals surface area contributed by atoms with Crippen molar-refractivity contribution in [3.8, 4) is 0 Å². The molecule has 1 aromatic heterocycles. The molecule has 1 amide bonds. The highest BCUT2D eigenvalue weighted by Gasteiger charge is 2.28. The van der Waals surface area contributed by atoms with E-state index in [2.05, 4.69) is 38.9 Å². The molecule has 25 heavy (non-hydrogen) atoms. The summed E-state index contributed by atoms with van der Waals surface area (Å²) in [7, 11) is 0. The van der Waals surface area contributed by atoms with Crippen molar-refractivity contribution < 1.29 is 9.53 Å². The quantitative estimate of drug-likeness (QED) is 0.869. The number of aromatic nitrogens is 2. The zero-order chi connectivity index (χ0) is 17.6. The number of anilines is 2. The maximum absolute atomic E-state index is 12.3. The lowest BCUT2D eigenvalue weighted by molar-refractivity contribution is -0.126. The summed E-state index contributed by atoms with van der Waals surface area (Å²) < 4.78 is 5.44. The maximum atomic E-state index is 12.3. The first-order chi connectivity index (χ1) is 12.2. The molecule has 7 nitrogen and oxygen atoms in total. The number of morpholine rings is 1. The van der Waals surface area contributed by atoms with E-state index < -0.39 is 0 Å². The molecule has 138 valence electrons. The molecule has 2 saturated heterocycles. The van der Waals surface area contributed by atoms with Crippen LogP contribution in [0.4, 0.5) is 11.5 Å². The summed E-state index contributed by atoms with van der Waals surface area (Å²) in [6, 6.07) is 0.251. The van der Waals surface area contributed by atoms with E-state index >= 15 is 0 Å². The fourth-order valence-corrected chi connectivity index (χ4v) is 3.40. The summed E-state index contributed by atoms with van der Waals surface area (Å²) >= 11 is 0. The molecule has 1 unspecified atom stereocenters. The molecule has 0 spiro atoms. The first kappa shape index (κ1) is 17.9. The highest BCUT2D eigenvalue weighted by atomic mass is 16.5. The molecule has 1 aromatic rings. The van der Waals surface area contributed by atoms with Gasteiger partial charge in [0.1, 0.15) is 6.33 Å². The second-order valence-corrected chi connectivity index (χ2v) is 6.91. The molecule has 3 rings (SSSR count). The Bertz CT molecular complexity index is 568. The Morgan fingerprint density at radius 3 is 2.68 bits per heavy atom. The van der Waals surface area contributed by atoms with Gasteiger partial charge in [-0.15, -0.1) is 0 Å². The maximum Gasteiger partial charge on any atom is 0.223 e. The Labute approximate surface area is 149 Å². The fourth-order valence-electron chi connectivity index (χ4n) is 3.40. The van der Waals surface area contributed by atoms with Gasteiger partial charge in [-0.3, -0.25) is 4.79 Å². The molecule has 0 radical (unpaired) electrons. The number of carbonyl (C=O) groups excluding carboxylic acids is 1. The van der Waals surface area contributed by atoms with E-state index in [9.17, 15) is 4.79 Å². The zero-order valence-corrected chi connectivity index (χ0v) is 15.3. The summed E-state index contributed by atoms with van der Waals surface area (Å²) in [5.74, 6) is 1.30. The lowest BCUT2D eigenvalue weighted by Gasteiger charge is -2.36. The van der Waals surface area contributed by atoms with Gasteiger partial charge in [-0.25, -0.2) is 9.97 Å². The largest absolute Gasteiger partial charge is 0.378 e. The van der Waals surface area contributed by atoms with E-state index in [0.717, 1.165) is 70.2 Å². The summed E-state index contributed by atoms with van der Waals surface area (Å²) in [6.07, 6.45) is 6.23. The minimum Gasteiger partial charge on any atom is -0.378 e. The average Bonchev–Trinajstić information content (AvgIpc) is 2.68. The van der Waals surface area contributed by atoms with Crippen molar-refractivity contribution >= 4 is 17.4 Å². The van der Waals surface area contributed by atoms with Gasteiger partial charge in [0.2, 0.25) is 5.91 Å². The number of ether oxygens (including phenoxy) is 1. The monoisotopic (exact) mass is 347 g/mol. The van der Waals surface area contributed by atoms with Gasteiger partial charge in [0.25, 0.3) is 0 Å². The predicted octanol–water partition coefficient (Wildman–Crippen LogP) is 1.44. The zero-order valence-electron chi connectivity index (χ0n) is 15.3. The van der Waals surface area contributed by atoms with Crippen LogP contribution in [0.25, 0.3) is 0 Å². The molecule has 0 saturated carbocycles. The summed E-state index contributed by atoms with van der Waals surface area (Å²) in [6.45, 7) is 9.07. The molecule has 2 aliphatic rings. The van der Waals surface area contributed by atoms with Crippen LogP contribution < -0.4 is 15.1 Å². The van der Waals surface area contributed by atoms with Crippen molar-refractivity contribution in [3.63, 3.8) is 0 Å². The van der Waals surface area contributed by atoms with E-state index in [0.29, 0.717) is 0 Å². The molecule has 3 heterocycles. The highest BCUT2D eigenvalue weighted by Crippen LogP contribution is 2.30. The molecule has 1 N–H and O–H groups in total. The normalized spacial score (nSPS) is 20.4. The van der Waals surface area contributed by atoms with Gasteiger partial charge in [0.05, 0.1) is 25.1 Å². The standard InChI is InChI=1S/C18H29N5O2/c1-3-14(2)21-18(24)15-4-6-22(7-5-15)16-12-19-13-20-17(16)23-8-10-25-11-9-23/h12-15H,3-11H2,1-2H3,(H,21,24). The molecule has 7 heteroatoms. The van der Waals surface area contributed by atoms with E-state index in [1.165, 1.54) is 0 Å². The van der Waals surface area contributed by atoms with Crippen molar-refractivity contribution in [2.45, 2.75) is 39.2 Å². The molecule has 1 atom stereocenters. The Balaban J connectivity index is 1.62. The lowest BCUT2D eigenvalue weighted by atomic mass is 9.95. The van der Waals surface area contributed by atoms with Gasteiger partial charge in [0, 0.05) is 38.1 Å².